The fourth-order valence-corrected chi connectivity index (χ4v) is 3.85. The average molecular weight is 406 g/mol. The normalized spacial score (nSPS) is 15.2. The number of hydrogen-bond donors (Lipinski definition) is 0. The van der Waals surface area contributed by atoms with Crippen molar-refractivity contribution in [2.24, 2.45) is 7.05 Å². The molecule has 5 rings (SSSR count). The summed E-state index contributed by atoms with van der Waals surface area (Å²) in [6, 6.07) is 8.42. The van der Waals surface area contributed by atoms with Crippen molar-refractivity contribution in [3.63, 3.8) is 0 Å². The van der Waals surface area contributed by atoms with Crippen LogP contribution in [-0.4, -0.2) is 55.3 Å². The van der Waals surface area contributed by atoms with Crippen LogP contribution in [0, 0.1) is 0 Å². The molecule has 0 N–H and O–H groups in total. The van der Waals surface area contributed by atoms with Crippen molar-refractivity contribution in [1.29, 1.82) is 0 Å². The number of aryl methyl sites for hydroxylation is 1. The molecule has 0 aliphatic carbocycles. The summed E-state index contributed by atoms with van der Waals surface area (Å²) in [5.74, 6) is 0.975. The van der Waals surface area contributed by atoms with E-state index in [-0.39, 0.29) is 0 Å². The number of halogens is 1. The largest absolute Gasteiger partial charge is 0.354 e. The van der Waals surface area contributed by atoms with E-state index in [9.17, 15) is 0 Å². The Hall–Kier alpha value is -3.03. The Kier molecular flexibility index (Phi) is 4.61. The van der Waals surface area contributed by atoms with Gasteiger partial charge in [0.15, 0.2) is 0 Å². The third-order valence-electron chi connectivity index (χ3n) is 5.27. The Morgan fingerprint density at radius 1 is 0.897 bits per heavy atom. The lowest BCUT2D eigenvalue weighted by Gasteiger charge is -2.31. The van der Waals surface area contributed by atoms with Crippen molar-refractivity contribution in [1.82, 2.24) is 29.2 Å². The second-order valence-corrected chi connectivity index (χ2v) is 7.66. The van der Waals surface area contributed by atoms with Crippen LogP contribution in [0.15, 0.2) is 55.4 Å². The number of nitrogens with zero attached hydrogens (tertiary/aromatic N) is 7. The molecular formula is C21H20ClN7. The number of rotatable bonds is 3. The lowest BCUT2D eigenvalue weighted by Crippen LogP contribution is -2.42. The van der Waals surface area contributed by atoms with E-state index in [1.807, 2.05) is 36.3 Å². The smallest absolute Gasteiger partial charge is 0.128 e. The van der Waals surface area contributed by atoms with Crippen LogP contribution in [0.2, 0.25) is 0 Å². The van der Waals surface area contributed by atoms with Crippen molar-refractivity contribution in [2.45, 2.75) is 0 Å². The summed E-state index contributed by atoms with van der Waals surface area (Å²) in [6.07, 6.45) is 9.24. The summed E-state index contributed by atoms with van der Waals surface area (Å²) < 4.78 is 3.62. The number of aromatic nitrogens is 5. The summed E-state index contributed by atoms with van der Waals surface area (Å²) in [5, 5.41) is 5.30. The molecule has 0 radical (unpaired) electrons. The molecule has 1 aromatic carbocycles. The van der Waals surface area contributed by atoms with Gasteiger partial charge in [0, 0.05) is 68.3 Å². The van der Waals surface area contributed by atoms with Gasteiger partial charge < -0.3 is 4.90 Å². The average Bonchev–Trinajstić information content (AvgIpc) is 3.20. The van der Waals surface area contributed by atoms with Gasteiger partial charge >= 0.3 is 0 Å². The maximum Gasteiger partial charge on any atom is 0.128 e. The zero-order chi connectivity index (χ0) is 19.8. The summed E-state index contributed by atoms with van der Waals surface area (Å²) in [5.41, 5.74) is 5.12. The maximum atomic E-state index is 6.07. The summed E-state index contributed by atoms with van der Waals surface area (Å²) >= 11 is 6.07. The Labute approximate surface area is 173 Å². The molecule has 0 atom stereocenters. The van der Waals surface area contributed by atoms with Gasteiger partial charge in [-0.2, -0.15) is 5.10 Å². The van der Waals surface area contributed by atoms with E-state index in [1.165, 1.54) is 0 Å². The minimum absolute atomic E-state index is 0.833. The third kappa shape index (κ3) is 3.54. The van der Waals surface area contributed by atoms with E-state index in [1.54, 1.807) is 11.0 Å². The van der Waals surface area contributed by atoms with Crippen LogP contribution in [0.5, 0.6) is 0 Å². The number of fused-ring (bicyclic) bond motifs is 1. The van der Waals surface area contributed by atoms with Crippen molar-refractivity contribution in [2.75, 3.05) is 31.1 Å². The summed E-state index contributed by atoms with van der Waals surface area (Å²) in [7, 11) is 1.92. The van der Waals surface area contributed by atoms with Crippen LogP contribution in [-0.2, 0) is 7.05 Å². The van der Waals surface area contributed by atoms with Gasteiger partial charge in [0.05, 0.1) is 11.7 Å². The van der Waals surface area contributed by atoms with Crippen LogP contribution >= 0.6 is 11.8 Å². The topological polar surface area (TPSA) is 63.0 Å². The fourth-order valence-electron chi connectivity index (χ4n) is 3.70. The molecule has 146 valence electrons. The molecule has 8 heteroatoms. The predicted octanol–water partition coefficient (Wildman–Crippen LogP) is 3.37. The molecule has 1 aliphatic heterocycles. The molecule has 29 heavy (non-hydrogen) atoms. The SMILES string of the molecule is Cn1cc(-c2cc(-c3ccc(N4CCN(Cl)CC4)nc3)c3cncnc3c2)cn1. The minimum Gasteiger partial charge on any atom is -0.354 e. The molecule has 7 nitrogen and oxygen atoms in total. The number of hydrogen-bond acceptors (Lipinski definition) is 6. The molecule has 4 heterocycles. The third-order valence-corrected chi connectivity index (χ3v) is 5.61. The highest BCUT2D eigenvalue weighted by Crippen LogP contribution is 2.33. The van der Waals surface area contributed by atoms with Gasteiger partial charge in [-0.25, -0.2) is 19.4 Å². The summed E-state index contributed by atoms with van der Waals surface area (Å²) in [4.78, 5) is 15.7. The first kappa shape index (κ1) is 18.0. The lowest BCUT2D eigenvalue weighted by atomic mass is 9.97. The Bertz CT molecular complexity index is 1150. The lowest BCUT2D eigenvalue weighted by molar-refractivity contribution is 0.415. The predicted molar refractivity (Wildman–Crippen MR) is 115 cm³/mol. The van der Waals surface area contributed by atoms with Crippen LogP contribution in [0.1, 0.15) is 0 Å². The number of pyridine rings is 1. The van der Waals surface area contributed by atoms with Crippen LogP contribution in [0.3, 0.4) is 0 Å². The molecule has 1 fully saturated rings. The Balaban J connectivity index is 1.55. The first-order chi connectivity index (χ1) is 14.2. The zero-order valence-corrected chi connectivity index (χ0v) is 16.8. The van der Waals surface area contributed by atoms with Crippen LogP contribution in [0.25, 0.3) is 33.2 Å². The van der Waals surface area contributed by atoms with E-state index in [0.717, 1.165) is 65.2 Å². The molecular weight excluding hydrogens is 386 g/mol. The van der Waals surface area contributed by atoms with Gasteiger partial charge in [0.2, 0.25) is 0 Å². The molecule has 0 bridgehead atoms. The molecule has 1 saturated heterocycles. The van der Waals surface area contributed by atoms with Crippen LogP contribution in [0.4, 0.5) is 5.82 Å². The molecule has 1 aliphatic rings. The van der Waals surface area contributed by atoms with E-state index in [2.05, 4.69) is 44.2 Å². The number of piperazine rings is 1. The van der Waals surface area contributed by atoms with E-state index in [4.69, 9.17) is 16.8 Å². The van der Waals surface area contributed by atoms with Gasteiger partial charge in [0.25, 0.3) is 0 Å². The molecule has 0 unspecified atom stereocenters. The minimum atomic E-state index is 0.833. The Morgan fingerprint density at radius 2 is 1.76 bits per heavy atom. The summed E-state index contributed by atoms with van der Waals surface area (Å²) in [6.45, 7) is 3.42. The van der Waals surface area contributed by atoms with Crippen molar-refractivity contribution >= 4 is 28.5 Å². The molecule has 0 saturated carbocycles. The quantitative estimate of drug-likeness (QED) is 0.487. The van der Waals surface area contributed by atoms with Gasteiger partial charge in [-0.15, -0.1) is 0 Å². The van der Waals surface area contributed by atoms with Gasteiger partial charge in [-0.1, -0.05) is 0 Å². The second-order valence-electron chi connectivity index (χ2n) is 7.18. The molecule has 3 aromatic heterocycles. The van der Waals surface area contributed by atoms with E-state index < -0.39 is 0 Å². The standard InChI is InChI=1S/C21H20ClN7/c1-27-13-17(11-26-27)16-8-18(19-12-23-14-25-20(19)9-16)15-2-3-21(24-10-15)28-4-6-29(22)7-5-28/h2-3,8-14H,4-7H2,1H3. The number of anilines is 1. The molecule has 0 amide bonds. The highest BCUT2D eigenvalue weighted by Gasteiger charge is 2.17. The first-order valence-electron chi connectivity index (χ1n) is 9.52. The van der Waals surface area contributed by atoms with Gasteiger partial charge in [0.1, 0.15) is 12.1 Å². The van der Waals surface area contributed by atoms with E-state index in [0.29, 0.717) is 0 Å². The maximum absolute atomic E-state index is 6.07. The zero-order valence-electron chi connectivity index (χ0n) is 16.0. The highest BCUT2D eigenvalue weighted by molar-refractivity contribution is 6.13. The van der Waals surface area contributed by atoms with Crippen molar-refractivity contribution in [3.8, 4) is 22.3 Å². The first-order valence-corrected chi connectivity index (χ1v) is 9.86. The highest BCUT2D eigenvalue weighted by atomic mass is 35.5. The van der Waals surface area contributed by atoms with Crippen LogP contribution < -0.4 is 4.90 Å². The molecule has 4 aromatic rings. The van der Waals surface area contributed by atoms with Gasteiger partial charge in [-0.05, 0) is 47.2 Å². The second kappa shape index (κ2) is 7.42. The fraction of sp³-hybridized carbons (Fsp3) is 0.238. The van der Waals surface area contributed by atoms with Crippen molar-refractivity contribution in [3.05, 3.63) is 55.4 Å². The monoisotopic (exact) mass is 405 g/mol. The number of benzene rings is 1. The van der Waals surface area contributed by atoms with Crippen molar-refractivity contribution < 1.29 is 0 Å². The molecule has 0 spiro atoms. The van der Waals surface area contributed by atoms with E-state index >= 15 is 0 Å². The Morgan fingerprint density at radius 3 is 2.48 bits per heavy atom. The van der Waals surface area contributed by atoms with Gasteiger partial charge in [-0.3, -0.25) is 4.68 Å².